The first-order valence-corrected chi connectivity index (χ1v) is 10.8. The molecule has 0 saturated heterocycles. The Kier molecular flexibility index (Phi) is 7.09. The molecule has 1 fully saturated rings. The molecule has 0 amide bonds. The number of hydrogen-bond acceptors (Lipinski definition) is 2. The van der Waals surface area contributed by atoms with Crippen LogP contribution in [-0.2, 0) is 4.57 Å². The van der Waals surface area contributed by atoms with Gasteiger partial charge in [0, 0.05) is 11.7 Å². The van der Waals surface area contributed by atoms with Crippen LogP contribution < -0.4 is 0 Å². The van der Waals surface area contributed by atoms with E-state index in [1.54, 1.807) is 0 Å². The maximum Gasteiger partial charge on any atom is 0.219 e. The number of carbonyl (C=O) groups excluding carboxylic acids is 1. The zero-order valence-electron chi connectivity index (χ0n) is 14.9. The molecule has 0 heterocycles. The molecule has 3 heteroatoms. The molecule has 0 aromatic heterocycles. The number of carbonyl (C=O) groups is 1. The molecule has 0 spiro atoms. The van der Waals surface area contributed by atoms with Gasteiger partial charge in [-0.1, -0.05) is 62.6 Å². The van der Waals surface area contributed by atoms with Crippen LogP contribution in [-0.4, -0.2) is 11.7 Å². The average Bonchev–Trinajstić information content (AvgIpc) is 2.51. The van der Waals surface area contributed by atoms with Crippen molar-refractivity contribution in [2.24, 2.45) is 5.92 Å². The second-order valence-electron chi connectivity index (χ2n) is 7.28. The van der Waals surface area contributed by atoms with E-state index < -0.39 is 7.80 Å². The average molecular weight is 334 g/mol. The first kappa shape index (κ1) is 18.5. The summed E-state index contributed by atoms with van der Waals surface area (Å²) in [6.45, 7) is 5.93. The van der Waals surface area contributed by atoms with E-state index in [0.717, 1.165) is 35.4 Å². The number of unbranched alkanes of at least 4 members (excludes halogenated alkanes) is 1. The molecule has 1 aliphatic carbocycles. The van der Waals surface area contributed by atoms with E-state index in [2.05, 4.69) is 0 Å². The van der Waals surface area contributed by atoms with Crippen molar-refractivity contribution < 1.29 is 9.36 Å². The predicted molar refractivity (Wildman–Crippen MR) is 99.3 cm³/mol. The van der Waals surface area contributed by atoms with Crippen molar-refractivity contribution in [2.45, 2.75) is 72.1 Å². The molecule has 1 atom stereocenters. The van der Waals surface area contributed by atoms with Crippen LogP contribution in [0.15, 0.2) is 12.1 Å². The van der Waals surface area contributed by atoms with E-state index >= 15 is 0 Å². The summed E-state index contributed by atoms with van der Waals surface area (Å²) in [5.74, 6) is 0.878. The van der Waals surface area contributed by atoms with Crippen molar-refractivity contribution in [3.63, 3.8) is 0 Å². The van der Waals surface area contributed by atoms with Crippen LogP contribution in [0.1, 0.15) is 78.4 Å². The van der Waals surface area contributed by atoms with Crippen LogP contribution in [0.2, 0.25) is 0 Å². The van der Waals surface area contributed by atoms with E-state index in [1.165, 1.54) is 38.5 Å². The molecule has 0 bridgehead atoms. The summed E-state index contributed by atoms with van der Waals surface area (Å²) in [7, 11) is -2.17. The molecule has 2 rings (SSSR count). The number of aryl methyl sites for hydroxylation is 3. The summed E-state index contributed by atoms with van der Waals surface area (Å²) in [5.41, 5.74) is 3.68. The van der Waals surface area contributed by atoms with E-state index in [0.29, 0.717) is 11.7 Å². The van der Waals surface area contributed by atoms with E-state index in [-0.39, 0.29) is 5.52 Å². The largest absolute Gasteiger partial charge is 0.318 e. The lowest BCUT2D eigenvalue weighted by Crippen LogP contribution is -2.06. The Balaban J connectivity index is 1.82. The van der Waals surface area contributed by atoms with E-state index in [1.807, 2.05) is 32.9 Å². The Labute approximate surface area is 141 Å². The normalized spacial score (nSPS) is 17.2. The highest BCUT2D eigenvalue weighted by molar-refractivity contribution is 7.64. The lowest BCUT2D eigenvalue weighted by Gasteiger charge is -2.21. The van der Waals surface area contributed by atoms with Crippen LogP contribution in [0.3, 0.4) is 0 Å². The Morgan fingerprint density at radius 2 is 1.65 bits per heavy atom. The highest BCUT2D eigenvalue weighted by atomic mass is 31.1. The molecule has 0 N–H and O–H groups in total. The predicted octanol–water partition coefficient (Wildman–Crippen LogP) is 6.06. The van der Waals surface area contributed by atoms with Crippen LogP contribution in [0.4, 0.5) is 0 Å². The third-order valence-corrected chi connectivity index (χ3v) is 6.71. The quantitative estimate of drug-likeness (QED) is 0.448. The number of benzene rings is 1. The molecular weight excluding hydrogens is 303 g/mol. The maximum atomic E-state index is 12.5. The van der Waals surface area contributed by atoms with Gasteiger partial charge in [-0.05, 0) is 44.2 Å². The second-order valence-corrected chi connectivity index (χ2v) is 9.08. The minimum Gasteiger partial charge on any atom is -0.318 e. The van der Waals surface area contributed by atoms with Gasteiger partial charge in [0.25, 0.3) is 0 Å². The molecule has 23 heavy (non-hydrogen) atoms. The van der Waals surface area contributed by atoms with Gasteiger partial charge in [0.1, 0.15) is 7.80 Å². The molecule has 1 aromatic rings. The minimum absolute atomic E-state index is 0.109. The van der Waals surface area contributed by atoms with Gasteiger partial charge in [0.05, 0.1) is 0 Å². The topological polar surface area (TPSA) is 34.1 Å². The molecule has 1 aliphatic rings. The first-order valence-electron chi connectivity index (χ1n) is 9.14. The minimum atomic E-state index is -2.17. The maximum absolute atomic E-state index is 12.5. The third kappa shape index (κ3) is 5.31. The molecule has 1 unspecified atom stereocenters. The zero-order valence-corrected chi connectivity index (χ0v) is 15.9. The van der Waals surface area contributed by atoms with Crippen molar-refractivity contribution in [3.8, 4) is 0 Å². The summed E-state index contributed by atoms with van der Waals surface area (Å²) in [4.78, 5) is 12.5. The second kappa shape index (κ2) is 8.83. The molecule has 0 radical (unpaired) electrons. The van der Waals surface area contributed by atoms with Gasteiger partial charge in [-0.15, -0.1) is 0 Å². The number of rotatable bonds is 7. The summed E-state index contributed by atoms with van der Waals surface area (Å²) in [6.07, 6.45) is 10.8. The number of hydrogen-bond donors (Lipinski definition) is 0. The van der Waals surface area contributed by atoms with Crippen LogP contribution in [0, 0.1) is 26.7 Å². The Morgan fingerprint density at radius 1 is 1.04 bits per heavy atom. The highest BCUT2D eigenvalue weighted by Gasteiger charge is 2.19. The molecular formula is C20H31O2P. The smallest absolute Gasteiger partial charge is 0.219 e. The lowest BCUT2D eigenvalue weighted by atomic mass is 9.86. The fraction of sp³-hybridized carbons (Fsp3) is 0.650. The van der Waals surface area contributed by atoms with Gasteiger partial charge >= 0.3 is 0 Å². The van der Waals surface area contributed by atoms with Crippen LogP contribution >= 0.6 is 7.80 Å². The van der Waals surface area contributed by atoms with Crippen LogP contribution in [0.5, 0.6) is 0 Å². The highest BCUT2D eigenvalue weighted by Crippen LogP contribution is 2.33. The summed E-state index contributed by atoms with van der Waals surface area (Å²) in [6, 6.07) is 4.02. The Hall–Kier alpha value is -0.880. The summed E-state index contributed by atoms with van der Waals surface area (Å²) < 4.78 is 12.4. The van der Waals surface area contributed by atoms with Crippen molar-refractivity contribution in [2.75, 3.05) is 6.16 Å². The van der Waals surface area contributed by atoms with Crippen LogP contribution in [0.25, 0.3) is 0 Å². The van der Waals surface area contributed by atoms with Gasteiger partial charge in [-0.2, -0.15) is 0 Å². The van der Waals surface area contributed by atoms with Gasteiger partial charge in [-0.3, -0.25) is 4.79 Å². The monoisotopic (exact) mass is 334 g/mol. The molecule has 2 nitrogen and oxygen atoms in total. The van der Waals surface area contributed by atoms with Crippen molar-refractivity contribution >= 4 is 13.3 Å². The summed E-state index contributed by atoms with van der Waals surface area (Å²) in [5, 5.41) is 0. The molecule has 128 valence electrons. The zero-order chi connectivity index (χ0) is 16.8. The van der Waals surface area contributed by atoms with Gasteiger partial charge in [0.15, 0.2) is 0 Å². The van der Waals surface area contributed by atoms with Crippen molar-refractivity contribution in [3.05, 3.63) is 34.4 Å². The third-order valence-electron chi connectivity index (χ3n) is 5.15. The van der Waals surface area contributed by atoms with Gasteiger partial charge in [-0.25, -0.2) is 0 Å². The molecule has 1 aromatic carbocycles. The van der Waals surface area contributed by atoms with Crippen molar-refractivity contribution in [1.29, 1.82) is 0 Å². The lowest BCUT2D eigenvalue weighted by molar-refractivity contribution is 0.107. The molecule has 1 saturated carbocycles. The van der Waals surface area contributed by atoms with Gasteiger partial charge < -0.3 is 4.57 Å². The first-order chi connectivity index (χ1) is 11.0. The Bertz CT molecular complexity index is 548. The van der Waals surface area contributed by atoms with E-state index in [4.69, 9.17) is 0 Å². The van der Waals surface area contributed by atoms with E-state index in [9.17, 15) is 9.36 Å². The fourth-order valence-corrected chi connectivity index (χ4v) is 5.46. The Morgan fingerprint density at radius 3 is 2.26 bits per heavy atom. The molecule has 0 aliphatic heterocycles. The SMILES string of the molecule is Cc1cc(C)c(C(=O)[PH](=O)CCCCC2CCCCC2)c(C)c1. The standard InChI is InChI=1S/C20H31O2P/c1-15-13-16(2)19(17(3)14-15)20(21)23(22)12-8-7-11-18-9-5-4-6-10-18/h13-14,18,23H,4-12H2,1-3H3. The van der Waals surface area contributed by atoms with Crippen molar-refractivity contribution in [1.82, 2.24) is 0 Å². The fourth-order valence-electron chi connectivity index (χ4n) is 3.99. The summed E-state index contributed by atoms with van der Waals surface area (Å²) >= 11 is 0. The van der Waals surface area contributed by atoms with Gasteiger partial charge in [0.2, 0.25) is 5.52 Å².